The molecule has 3 atom stereocenters. The highest BCUT2D eigenvalue weighted by molar-refractivity contribution is 7.84. The van der Waals surface area contributed by atoms with Crippen molar-refractivity contribution >= 4 is 51.4 Å². The third-order valence-electron chi connectivity index (χ3n) is 7.20. The molecule has 2 fully saturated rings. The number of hydrogen-bond donors (Lipinski definition) is 4. The number of pyridine rings is 1. The van der Waals surface area contributed by atoms with Gasteiger partial charge in [-0.15, -0.1) is 0 Å². The van der Waals surface area contributed by atoms with E-state index in [1.807, 2.05) is 26.0 Å². The molecule has 276 valence electrons. The van der Waals surface area contributed by atoms with E-state index >= 15 is 0 Å². The van der Waals surface area contributed by atoms with E-state index in [1.54, 1.807) is 66.1 Å². The number of nitrogens with one attached hydrogen (secondary N) is 4. The van der Waals surface area contributed by atoms with Crippen molar-refractivity contribution < 1.29 is 37.7 Å². The fraction of sp³-hybridized carbons (Fsp3) is 0.543. The van der Waals surface area contributed by atoms with Crippen molar-refractivity contribution in [3.8, 4) is 5.75 Å². The van der Waals surface area contributed by atoms with Crippen LogP contribution in [0.5, 0.6) is 5.75 Å². The maximum atomic E-state index is 12.7. The SMILES string of the molecule is CC(=O)C=C(C)C.CCC(NC(=O)C1CCCN1C(=O)CNC(=O)OC(C)(C)C)C(=O)NS(=O)C1CC1.COc1ccc2c(=O)[nH]ccc2c1. The van der Waals surface area contributed by atoms with Crippen LogP contribution in [-0.2, 0) is 34.9 Å². The van der Waals surface area contributed by atoms with Gasteiger partial charge in [0, 0.05) is 18.1 Å². The van der Waals surface area contributed by atoms with Gasteiger partial charge in [0.1, 0.15) is 41.0 Å². The van der Waals surface area contributed by atoms with Crippen molar-refractivity contribution in [3.05, 3.63) is 52.5 Å². The summed E-state index contributed by atoms with van der Waals surface area (Å²) >= 11 is 0. The number of rotatable bonds is 10. The number of alkyl carbamates (subject to hydrolysis) is 1. The Morgan fingerprint density at radius 2 is 1.76 bits per heavy atom. The Kier molecular flexibility index (Phi) is 16.3. The predicted octanol–water partition coefficient (Wildman–Crippen LogP) is 3.42. The average molecular weight is 718 g/mol. The van der Waals surface area contributed by atoms with E-state index in [-0.39, 0.29) is 23.1 Å². The zero-order chi connectivity index (χ0) is 37.6. The monoisotopic (exact) mass is 717 g/mol. The maximum Gasteiger partial charge on any atom is 0.408 e. The minimum atomic E-state index is -1.43. The Morgan fingerprint density at radius 1 is 1.08 bits per heavy atom. The molecule has 2 aliphatic rings. The van der Waals surface area contributed by atoms with Gasteiger partial charge in [0.2, 0.25) is 11.8 Å². The van der Waals surface area contributed by atoms with Crippen LogP contribution in [-0.4, -0.2) is 86.8 Å². The number of aromatic nitrogens is 1. The van der Waals surface area contributed by atoms with E-state index in [2.05, 4.69) is 20.3 Å². The van der Waals surface area contributed by atoms with E-state index in [0.29, 0.717) is 31.2 Å². The number of ketones is 1. The van der Waals surface area contributed by atoms with Crippen LogP contribution < -0.4 is 25.7 Å². The Hall–Kier alpha value is -4.53. The van der Waals surface area contributed by atoms with E-state index in [1.165, 1.54) is 4.90 Å². The number of H-pyrrole nitrogens is 1. The van der Waals surface area contributed by atoms with Gasteiger partial charge in [-0.25, -0.2) is 9.00 Å². The number of amides is 4. The molecular formula is C35H51N5O9S. The number of ether oxygens (including phenoxy) is 2. The van der Waals surface area contributed by atoms with Gasteiger partial charge < -0.3 is 30.0 Å². The zero-order valence-electron chi connectivity index (χ0n) is 30.2. The molecule has 2 heterocycles. The molecule has 50 heavy (non-hydrogen) atoms. The first-order valence-corrected chi connectivity index (χ1v) is 17.8. The minimum Gasteiger partial charge on any atom is -0.497 e. The van der Waals surface area contributed by atoms with E-state index in [4.69, 9.17) is 9.47 Å². The summed E-state index contributed by atoms with van der Waals surface area (Å²) < 4.78 is 24.5. The molecule has 1 aromatic heterocycles. The summed E-state index contributed by atoms with van der Waals surface area (Å²) in [6.07, 6.45) is 5.63. The molecule has 4 rings (SSSR count). The Bertz CT molecular complexity index is 1620. The molecule has 3 unspecified atom stereocenters. The lowest BCUT2D eigenvalue weighted by molar-refractivity contribution is -0.138. The van der Waals surface area contributed by atoms with Gasteiger partial charge in [-0.05, 0) is 109 Å². The Balaban J connectivity index is 0.000000352. The van der Waals surface area contributed by atoms with Crippen molar-refractivity contribution in [1.29, 1.82) is 0 Å². The molecular weight excluding hydrogens is 666 g/mol. The van der Waals surface area contributed by atoms with Crippen LogP contribution in [0.15, 0.2) is 46.9 Å². The quantitative estimate of drug-likeness (QED) is 0.267. The number of aromatic amines is 1. The number of nitrogens with zero attached hydrogens (tertiary/aromatic N) is 1. The third kappa shape index (κ3) is 14.5. The second-order valence-electron chi connectivity index (χ2n) is 13.1. The molecule has 1 saturated heterocycles. The summed E-state index contributed by atoms with van der Waals surface area (Å²) in [6.45, 7) is 12.4. The average Bonchev–Trinajstić information content (AvgIpc) is 3.77. The van der Waals surface area contributed by atoms with Crippen molar-refractivity contribution in [3.63, 3.8) is 0 Å². The number of hydrogen-bond acceptors (Lipinski definition) is 9. The topological polar surface area (TPSA) is 193 Å². The molecule has 14 nitrogen and oxygen atoms in total. The largest absolute Gasteiger partial charge is 0.497 e. The van der Waals surface area contributed by atoms with Gasteiger partial charge in [0.05, 0.1) is 12.4 Å². The lowest BCUT2D eigenvalue weighted by atomic mass is 10.1. The molecule has 15 heteroatoms. The first kappa shape index (κ1) is 41.6. The van der Waals surface area contributed by atoms with E-state index in [9.17, 15) is 33.0 Å². The second-order valence-corrected chi connectivity index (χ2v) is 14.6. The van der Waals surface area contributed by atoms with Gasteiger partial charge in [0.15, 0.2) is 5.78 Å². The van der Waals surface area contributed by atoms with Crippen LogP contribution in [0.4, 0.5) is 4.79 Å². The first-order valence-electron chi connectivity index (χ1n) is 16.5. The number of carbonyl (C=O) groups excluding carboxylic acids is 5. The molecule has 0 bridgehead atoms. The second kappa shape index (κ2) is 19.6. The standard InChI is InChI=1S/C19H32N4O6S.C10H9NO2.C6H10O/c1-5-13(16(25)22-30(28)12-8-9-12)21-17(26)14-7-6-10-23(14)15(24)11-20-18(27)29-19(2,3)4;1-13-8-2-3-9-7(6-8)4-5-11-10(9)12;1-5(2)4-6(3)7/h12-14H,5-11H2,1-4H3,(H,20,27)(H,21,26)(H,22,25);2-6H,1H3,(H,11,12);4H,1-3H3. The fourth-order valence-electron chi connectivity index (χ4n) is 4.76. The molecule has 4 amide bonds. The normalized spacial score (nSPS) is 16.2. The fourth-order valence-corrected chi connectivity index (χ4v) is 5.83. The molecule has 1 aliphatic heterocycles. The van der Waals surface area contributed by atoms with Gasteiger partial charge in [0.25, 0.3) is 11.5 Å². The van der Waals surface area contributed by atoms with Crippen LogP contribution in [0, 0.1) is 0 Å². The lowest BCUT2D eigenvalue weighted by Crippen LogP contribution is -2.54. The third-order valence-corrected chi connectivity index (χ3v) is 8.68. The number of likely N-dealkylation sites (tertiary alicyclic amines) is 1. The summed E-state index contributed by atoms with van der Waals surface area (Å²) in [4.78, 5) is 74.8. The highest BCUT2D eigenvalue weighted by atomic mass is 32.2. The molecule has 2 aromatic rings. The van der Waals surface area contributed by atoms with Crippen LogP contribution in [0.25, 0.3) is 10.8 Å². The molecule has 4 N–H and O–H groups in total. The number of benzene rings is 1. The number of fused-ring (bicyclic) bond motifs is 1. The van der Waals surface area contributed by atoms with Crippen molar-refractivity contribution in [2.75, 3.05) is 20.2 Å². The maximum absolute atomic E-state index is 12.7. The molecule has 1 aliphatic carbocycles. The summed E-state index contributed by atoms with van der Waals surface area (Å²) in [5.41, 5.74) is 0.315. The highest BCUT2D eigenvalue weighted by Gasteiger charge is 2.36. The summed E-state index contributed by atoms with van der Waals surface area (Å²) in [5.74, 6) is -0.431. The van der Waals surface area contributed by atoms with Gasteiger partial charge in [-0.2, -0.15) is 0 Å². The molecule has 0 spiro atoms. The van der Waals surface area contributed by atoms with Gasteiger partial charge in [-0.1, -0.05) is 12.5 Å². The summed E-state index contributed by atoms with van der Waals surface area (Å²) in [6, 6.07) is 5.68. The Labute approximate surface area is 295 Å². The molecule has 1 aromatic carbocycles. The van der Waals surface area contributed by atoms with E-state index < -0.39 is 52.5 Å². The van der Waals surface area contributed by atoms with Crippen molar-refractivity contribution in [2.45, 2.75) is 104 Å². The Morgan fingerprint density at radius 3 is 2.30 bits per heavy atom. The summed E-state index contributed by atoms with van der Waals surface area (Å²) in [7, 11) is 0.179. The van der Waals surface area contributed by atoms with Crippen molar-refractivity contribution in [2.24, 2.45) is 0 Å². The van der Waals surface area contributed by atoms with Gasteiger partial charge >= 0.3 is 6.09 Å². The predicted molar refractivity (Wildman–Crippen MR) is 192 cm³/mol. The number of carbonyl (C=O) groups is 5. The minimum absolute atomic E-state index is 0.00239. The van der Waals surface area contributed by atoms with Crippen LogP contribution >= 0.6 is 0 Å². The number of methoxy groups -OCH3 is 1. The highest BCUT2D eigenvalue weighted by Crippen LogP contribution is 2.25. The van der Waals surface area contributed by atoms with Crippen LogP contribution in [0.2, 0.25) is 0 Å². The van der Waals surface area contributed by atoms with E-state index in [0.717, 1.165) is 29.6 Å². The van der Waals surface area contributed by atoms with Crippen LogP contribution in [0.3, 0.4) is 0 Å². The van der Waals surface area contributed by atoms with Crippen molar-refractivity contribution in [1.82, 2.24) is 25.2 Å². The van der Waals surface area contributed by atoms with Gasteiger partial charge in [-0.3, -0.25) is 28.7 Å². The smallest absolute Gasteiger partial charge is 0.408 e. The zero-order valence-corrected chi connectivity index (χ0v) is 31.0. The lowest BCUT2D eigenvalue weighted by Gasteiger charge is -2.26. The summed E-state index contributed by atoms with van der Waals surface area (Å²) in [5, 5.41) is 6.64. The molecule has 0 radical (unpaired) electrons. The first-order chi connectivity index (χ1) is 23.4. The van der Waals surface area contributed by atoms with Crippen LogP contribution in [0.1, 0.15) is 80.6 Å². The molecule has 1 saturated carbocycles. The number of allylic oxidation sites excluding steroid dienone is 2.